The summed E-state index contributed by atoms with van der Waals surface area (Å²) in [5.41, 5.74) is 1.72. The van der Waals surface area contributed by atoms with Crippen LogP contribution in [0.3, 0.4) is 0 Å². The Balaban J connectivity index is 1.68. The molecule has 24 heavy (non-hydrogen) atoms. The first-order chi connectivity index (χ1) is 11.6. The van der Waals surface area contributed by atoms with Crippen LogP contribution in [0.5, 0.6) is 0 Å². The monoisotopic (exact) mass is 347 g/mol. The Bertz CT molecular complexity index is 732. The van der Waals surface area contributed by atoms with Crippen LogP contribution in [0.4, 0.5) is 15.8 Å². The largest absolute Gasteiger partial charge is 0.381 e. The highest BCUT2D eigenvalue weighted by Crippen LogP contribution is 2.23. The maximum Gasteiger partial charge on any atom is 0.257 e. The summed E-state index contributed by atoms with van der Waals surface area (Å²) in [5.74, 6) is -0.826. The molecule has 2 aromatic rings. The molecule has 0 bridgehead atoms. The Kier molecular flexibility index (Phi) is 5.30. The Labute approximate surface area is 145 Å². The highest BCUT2D eigenvalue weighted by Gasteiger charge is 2.14. The molecular weight excluding hydrogens is 329 g/mol. The minimum absolute atomic E-state index is 0.0290. The number of carbonyl (C=O) groups is 1. The van der Waals surface area contributed by atoms with E-state index < -0.39 is 5.82 Å². The van der Waals surface area contributed by atoms with Crippen molar-refractivity contribution in [2.24, 2.45) is 0 Å². The highest BCUT2D eigenvalue weighted by atomic mass is 35.5. The number of amides is 1. The van der Waals surface area contributed by atoms with Crippen LogP contribution in [0, 0.1) is 5.82 Å². The number of carbonyl (C=O) groups excluding carboxylic acids is 1. The molecule has 1 aromatic carbocycles. The number of halogens is 2. The van der Waals surface area contributed by atoms with E-state index >= 15 is 0 Å². The molecule has 4 nitrogen and oxygen atoms in total. The van der Waals surface area contributed by atoms with Crippen molar-refractivity contribution in [3.05, 3.63) is 53.1 Å². The van der Waals surface area contributed by atoms with E-state index in [4.69, 9.17) is 11.6 Å². The van der Waals surface area contributed by atoms with Gasteiger partial charge < -0.3 is 10.6 Å². The van der Waals surface area contributed by atoms with Crippen molar-refractivity contribution < 1.29 is 9.18 Å². The van der Waals surface area contributed by atoms with E-state index in [0.29, 0.717) is 17.3 Å². The van der Waals surface area contributed by atoms with Gasteiger partial charge in [-0.1, -0.05) is 30.9 Å². The van der Waals surface area contributed by atoms with Gasteiger partial charge >= 0.3 is 0 Å². The molecule has 1 aromatic heterocycles. The van der Waals surface area contributed by atoms with E-state index in [9.17, 15) is 9.18 Å². The molecule has 0 aliphatic heterocycles. The van der Waals surface area contributed by atoms with E-state index in [-0.39, 0.29) is 10.9 Å². The van der Waals surface area contributed by atoms with Crippen molar-refractivity contribution in [1.29, 1.82) is 0 Å². The smallest absolute Gasteiger partial charge is 0.257 e. The molecule has 126 valence electrons. The average molecular weight is 348 g/mol. The Morgan fingerprint density at radius 2 is 1.92 bits per heavy atom. The second kappa shape index (κ2) is 7.62. The lowest BCUT2D eigenvalue weighted by Crippen LogP contribution is -2.22. The molecule has 6 heteroatoms. The van der Waals surface area contributed by atoms with Gasteiger partial charge in [0.05, 0.1) is 16.3 Å². The van der Waals surface area contributed by atoms with Gasteiger partial charge in [0.2, 0.25) is 0 Å². The van der Waals surface area contributed by atoms with Gasteiger partial charge in [-0.2, -0.15) is 0 Å². The first kappa shape index (κ1) is 16.7. The molecule has 1 aliphatic rings. The summed E-state index contributed by atoms with van der Waals surface area (Å²) in [4.78, 5) is 16.5. The van der Waals surface area contributed by atoms with E-state index in [2.05, 4.69) is 15.6 Å². The minimum atomic E-state index is -0.519. The van der Waals surface area contributed by atoms with Crippen LogP contribution in [0.25, 0.3) is 0 Å². The van der Waals surface area contributed by atoms with Crippen molar-refractivity contribution in [3.8, 4) is 0 Å². The normalized spacial score (nSPS) is 15.1. The van der Waals surface area contributed by atoms with Crippen LogP contribution < -0.4 is 10.6 Å². The molecule has 1 heterocycles. The van der Waals surface area contributed by atoms with Gasteiger partial charge in [-0.25, -0.2) is 4.39 Å². The predicted octanol–water partition coefficient (Wildman–Crippen LogP) is 4.87. The van der Waals surface area contributed by atoms with E-state index in [1.54, 1.807) is 12.3 Å². The SMILES string of the molecule is O=C(Nc1ccc(F)c(Cl)c1)c1cncc(NC2CCCCC2)c1. The van der Waals surface area contributed by atoms with Crippen molar-refractivity contribution in [2.45, 2.75) is 38.1 Å². The second-order valence-electron chi connectivity index (χ2n) is 6.02. The molecule has 0 spiro atoms. The number of hydrogen-bond acceptors (Lipinski definition) is 3. The molecule has 0 saturated heterocycles. The van der Waals surface area contributed by atoms with Gasteiger partial charge in [0, 0.05) is 24.1 Å². The van der Waals surface area contributed by atoms with Gasteiger partial charge in [-0.3, -0.25) is 9.78 Å². The zero-order chi connectivity index (χ0) is 16.9. The lowest BCUT2D eigenvalue weighted by molar-refractivity contribution is 0.102. The summed E-state index contributed by atoms with van der Waals surface area (Å²) in [6, 6.07) is 6.29. The van der Waals surface area contributed by atoms with E-state index in [0.717, 1.165) is 18.5 Å². The molecule has 1 aliphatic carbocycles. The summed E-state index contributed by atoms with van der Waals surface area (Å²) in [5, 5.41) is 6.11. The maximum absolute atomic E-state index is 13.2. The molecule has 0 atom stereocenters. The number of aromatic nitrogens is 1. The average Bonchev–Trinajstić information content (AvgIpc) is 2.59. The third-order valence-corrected chi connectivity index (χ3v) is 4.44. The maximum atomic E-state index is 13.2. The van der Waals surface area contributed by atoms with Crippen LogP contribution in [0.1, 0.15) is 42.5 Å². The number of pyridine rings is 1. The number of rotatable bonds is 4. The van der Waals surface area contributed by atoms with Gasteiger partial charge in [-0.05, 0) is 37.1 Å². The lowest BCUT2D eigenvalue weighted by atomic mass is 9.95. The molecule has 0 radical (unpaired) electrons. The molecule has 2 N–H and O–H groups in total. The fraction of sp³-hybridized carbons (Fsp3) is 0.333. The molecule has 1 saturated carbocycles. The highest BCUT2D eigenvalue weighted by molar-refractivity contribution is 6.31. The Morgan fingerprint density at radius 1 is 1.12 bits per heavy atom. The Morgan fingerprint density at radius 3 is 2.67 bits per heavy atom. The van der Waals surface area contributed by atoms with Crippen molar-refractivity contribution in [3.63, 3.8) is 0 Å². The topological polar surface area (TPSA) is 54.0 Å². The summed E-state index contributed by atoms with van der Waals surface area (Å²) in [6.45, 7) is 0. The first-order valence-corrected chi connectivity index (χ1v) is 8.47. The van der Waals surface area contributed by atoms with Crippen molar-refractivity contribution in [1.82, 2.24) is 4.98 Å². The third kappa shape index (κ3) is 4.23. The van der Waals surface area contributed by atoms with Gasteiger partial charge in [-0.15, -0.1) is 0 Å². The molecule has 0 unspecified atom stereocenters. The zero-order valence-electron chi connectivity index (χ0n) is 13.2. The number of nitrogens with zero attached hydrogens (tertiary/aromatic N) is 1. The minimum Gasteiger partial charge on any atom is -0.381 e. The van der Waals surface area contributed by atoms with Crippen LogP contribution in [0.2, 0.25) is 5.02 Å². The van der Waals surface area contributed by atoms with E-state index in [1.807, 2.05) is 0 Å². The third-order valence-electron chi connectivity index (χ3n) is 4.15. The van der Waals surface area contributed by atoms with Gasteiger partial charge in [0.25, 0.3) is 5.91 Å². The number of hydrogen-bond donors (Lipinski definition) is 2. The molecule has 3 rings (SSSR count). The van der Waals surface area contributed by atoms with Gasteiger partial charge in [0.15, 0.2) is 0 Å². The fourth-order valence-corrected chi connectivity index (χ4v) is 3.08. The summed E-state index contributed by atoms with van der Waals surface area (Å²) >= 11 is 5.73. The zero-order valence-corrected chi connectivity index (χ0v) is 13.9. The molecule has 1 amide bonds. The lowest BCUT2D eigenvalue weighted by Gasteiger charge is -2.23. The number of benzene rings is 1. The van der Waals surface area contributed by atoms with Crippen molar-refractivity contribution >= 4 is 28.9 Å². The summed E-state index contributed by atoms with van der Waals surface area (Å²) < 4.78 is 13.2. The van der Waals surface area contributed by atoms with Crippen LogP contribution >= 0.6 is 11.6 Å². The molecular formula is C18H19ClFN3O. The Hall–Kier alpha value is -2.14. The first-order valence-electron chi connectivity index (χ1n) is 8.10. The standard InChI is InChI=1S/C18H19ClFN3O/c19-16-9-14(6-7-17(16)20)23-18(24)12-8-15(11-21-10-12)22-13-4-2-1-3-5-13/h6-11,13,22H,1-5H2,(H,23,24). The van der Waals surface area contributed by atoms with Gasteiger partial charge in [0.1, 0.15) is 5.82 Å². The molecule has 1 fully saturated rings. The van der Waals surface area contributed by atoms with Crippen LogP contribution in [0.15, 0.2) is 36.7 Å². The quantitative estimate of drug-likeness (QED) is 0.829. The fourth-order valence-electron chi connectivity index (χ4n) is 2.90. The summed E-state index contributed by atoms with van der Waals surface area (Å²) in [7, 11) is 0. The summed E-state index contributed by atoms with van der Waals surface area (Å²) in [6.07, 6.45) is 9.27. The van der Waals surface area contributed by atoms with E-state index in [1.165, 1.54) is 43.7 Å². The number of anilines is 2. The van der Waals surface area contributed by atoms with Crippen LogP contribution in [-0.4, -0.2) is 16.9 Å². The predicted molar refractivity (Wildman–Crippen MR) is 94.1 cm³/mol. The van der Waals surface area contributed by atoms with Crippen LogP contribution in [-0.2, 0) is 0 Å². The van der Waals surface area contributed by atoms with Crippen molar-refractivity contribution in [2.75, 3.05) is 10.6 Å². The second-order valence-corrected chi connectivity index (χ2v) is 6.43. The number of nitrogens with one attached hydrogen (secondary N) is 2.